The number of alkyl halides is 4. The number of hydrogen-bond donors (Lipinski definition) is 0. The molecule has 0 unspecified atom stereocenters. The Bertz CT molecular complexity index is 418. The zero-order valence-corrected chi connectivity index (χ0v) is 10.5. The third kappa shape index (κ3) is 3.92. The Labute approximate surface area is 106 Å². The van der Waals surface area contributed by atoms with E-state index in [0.717, 1.165) is 6.07 Å². The predicted octanol–water partition coefficient (Wildman–Crippen LogP) is 3.78. The van der Waals surface area contributed by atoms with Gasteiger partial charge < -0.3 is 0 Å². The van der Waals surface area contributed by atoms with Gasteiger partial charge in [0.05, 0.1) is 11.4 Å². The summed E-state index contributed by atoms with van der Waals surface area (Å²) < 4.78 is 38.1. The van der Waals surface area contributed by atoms with Gasteiger partial charge in [-0.2, -0.15) is 13.2 Å². The van der Waals surface area contributed by atoms with Crippen LogP contribution < -0.4 is 0 Å². The van der Waals surface area contributed by atoms with E-state index in [1.54, 1.807) is 6.26 Å². The van der Waals surface area contributed by atoms with E-state index in [2.05, 4.69) is 0 Å². The lowest BCUT2D eigenvalue weighted by molar-refractivity contribution is -0.138. The molecule has 6 heteroatoms. The lowest BCUT2D eigenvalue weighted by Crippen LogP contribution is -2.13. The summed E-state index contributed by atoms with van der Waals surface area (Å²) in [5.41, 5.74) is -0.788. The first-order valence-corrected chi connectivity index (χ1v) is 6.46. The Hall–Kier alpha value is -0.680. The van der Waals surface area contributed by atoms with Gasteiger partial charge in [-0.1, -0.05) is 0 Å². The van der Waals surface area contributed by atoms with Crippen LogP contribution >= 0.6 is 23.4 Å². The zero-order valence-electron chi connectivity index (χ0n) is 8.97. The summed E-state index contributed by atoms with van der Waals surface area (Å²) in [5, 5.41) is 0. The van der Waals surface area contributed by atoms with Gasteiger partial charge in [-0.25, -0.2) is 0 Å². The number of carbonyl (C=O) groups excluding carboxylic acids is 1. The van der Waals surface area contributed by atoms with Gasteiger partial charge in [0.1, 0.15) is 0 Å². The molecular formula is C11H10ClF3OS. The van der Waals surface area contributed by atoms with Crippen molar-refractivity contribution in [3.8, 4) is 0 Å². The van der Waals surface area contributed by atoms with Crippen molar-refractivity contribution in [2.24, 2.45) is 0 Å². The van der Waals surface area contributed by atoms with E-state index in [4.69, 9.17) is 11.6 Å². The van der Waals surface area contributed by atoms with E-state index in [9.17, 15) is 18.0 Å². The highest BCUT2D eigenvalue weighted by atomic mass is 35.5. The van der Waals surface area contributed by atoms with Gasteiger partial charge in [0, 0.05) is 11.3 Å². The second kappa shape index (κ2) is 5.78. The molecule has 1 rings (SSSR count). The van der Waals surface area contributed by atoms with Crippen LogP contribution in [0.15, 0.2) is 23.1 Å². The van der Waals surface area contributed by atoms with Crippen LogP contribution in [0.3, 0.4) is 0 Å². The van der Waals surface area contributed by atoms with Crippen LogP contribution in [0, 0.1) is 0 Å². The van der Waals surface area contributed by atoms with Crippen LogP contribution in [0.2, 0.25) is 0 Å². The fourth-order valence-corrected chi connectivity index (χ4v) is 1.94. The average molecular weight is 283 g/mol. The summed E-state index contributed by atoms with van der Waals surface area (Å²) in [6, 6.07) is 3.78. The largest absolute Gasteiger partial charge is 0.416 e. The second-order valence-corrected chi connectivity index (χ2v) is 4.52. The molecule has 94 valence electrons. The Balaban J connectivity index is 3.16. The molecule has 0 heterocycles. The average Bonchev–Trinajstić information content (AvgIpc) is 2.27. The monoisotopic (exact) mass is 282 g/mol. The summed E-state index contributed by atoms with van der Waals surface area (Å²) in [7, 11) is 0. The fraction of sp³-hybridized carbons (Fsp3) is 0.364. The quantitative estimate of drug-likeness (QED) is 0.617. The molecule has 0 aliphatic carbocycles. The lowest BCUT2D eigenvalue weighted by Gasteiger charge is -2.13. The van der Waals surface area contributed by atoms with Crippen LogP contribution in [0.25, 0.3) is 0 Å². The summed E-state index contributed by atoms with van der Waals surface area (Å²) >= 11 is 6.63. The van der Waals surface area contributed by atoms with E-state index >= 15 is 0 Å². The minimum Gasteiger partial charge on any atom is -0.298 e. The Morgan fingerprint density at radius 2 is 2.06 bits per heavy atom. The van der Waals surface area contributed by atoms with Crippen molar-refractivity contribution < 1.29 is 18.0 Å². The lowest BCUT2D eigenvalue weighted by atomic mass is 10.0. The molecule has 17 heavy (non-hydrogen) atoms. The maximum absolute atomic E-state index is 12.7. The maximum atomic E-state index is 12.7. The number of ketones is 1. The number of rotatable bonds is 4. The van der Waals surface area contributed by atoms with Gasteiger partial charge in [0.15, 0.2) is 5.78 Å². The molecular weight excluding hydrogens is 273 g/mol. The van der Waals surface area contributed by atoms with E-state index in [0.29, 0.717) is 4.90 Å². The van der Waals surface area contributed by atoms with E-state index in [-0.39, 0.29) is 17.9 Å². The number of carbonyl (C=O) groups is 1. The molecule has 0 aromatic heterocycles. The van der Waals surface area contributed by atoms with E-state index in [1.807, 2.05) is 0 Å². The third-order valence-corrected chi connectivity index (χ3v) is 3.18. The first kappa shape index (κ1) is 14.4. The van der Waals surface area contributed by atoms with Gasteiger partial charge in [0.2, 0.25) is 0 Å². The molecule has 0 saturated heterocycles. The van der Waals surface area contributed by atoms with Gasteiger partial charge in [-0.15, -0.1) is 23.4 Å². The van der Waals surface area contributed by atoms with Gasteiger partial charge >= 0.3 is 6.18 Å². The molecule has 0 spiro atoms. The molecule has 0 atom stereocenters. The zero-order chi connectivity index (χ0) is 13.1. The smallest absolute Gasteiger partial charge is 0.298 e. The third-order valence-electron chi connectivity index (χ3n) is 2.15. The van der Waals surface area contributed by atoms with Crippen molar-refractivity contribution in [1.29, 1.82) is 0 Å². The van der Waals surface area contributed by atoms with Crippen LogP contribution in [-0.2, 0) is 17.4 Å². The Kier molecular flexibility index (Phi) is 4.89. The highest BCUT2D eigenvalue weighted by molar-refractivity contribution is 7.98. The number of halogens is 4. The Morgan fingerprint density at radius 1 is 1.41 bits per heavy atom. The summed E-state index contributed by atoms with van der Waals surface area (Å²) in [6.45, 7) is 0. The summed E-state index contributed by atoms with van der Waals surface area (Å²) in [4.78, 5) is 11.8. The molecule has 0 saturated carbocycles. The summed E-state index contributed by atoms with van der Waals surface area (Å²) in [5.74, 6) is -0.698. The van der Waals surface area contributed by atoms with Crippen LogP contribution in [0.1, 0.15) is 11.1 Å². The Morgan fingerprint density at radius 3 is 2.53 bits per heavy atom. The van der Waals surface area contributed by atoms with Crippen LogP contribution in [-0.4, -0.2) is 17.9 Å². The minimum absolute atomic E-state index is 0.0185. The number of hydrogen-bond acceptors (Lipinski definition) is 2. The van der Waals surface area contributed by atoms with Crippen LogP contribution in [0.4, 0.5) is 13.2 Å². The molecule has 0 bridgehead atoms. The van der Waals surface area contributed by atoms with Crippen LogP contribution in [0.5, 0.6) is 0 Å². The molecule has 1 nitrogen and oxygen atoms in total. The second-order valence-electron chi connectivity index (χ2n) is 3.37. The normalized spacial score (nSPS) is 11.6. The van der Waals surface area contributed by atoms with E-state index in [1.165, 1.54) is 23.9 Å². The van der Waals surface area contributed by atoms with Gasteiger partial charge in [0.25, 0.3) is 0 Å². The maximum Gasteiger partial charge on any atom is 0.416 e. The van der Waals surface area contributed by atoms with Crippen molar-refractivity contribution in [3.63, 3.8) is 0 Å². The molecule has 1 aromatic carbocycles. The molecule has 0 amide bonds. The summed E-state index contributed by atoms with van der Waals surface area (Å²) in [6.07, 6.45) is -2.97. The molecule has 0 radical (unpaired) electrons. The molecule has 1 aromatic rings. The highest BCUT2D eigenvalue weighted by Crippen LogP contribution is 2.34. The topological polar surface area (TPSA) is 17.1 Å². The van der Waals surface area contributed by atoms with Crippen molar-refractivity contribution in [1.82, 2.24) is 0 Å². The van der Waals surface area contributed by atoms with Crippen molar-refractivity contribution in [2.75, 3.05) is 12.1 Å². The van der Waals surface area contributed by atoms with Gasteiger partial charge in [-0.05, 0) is 30.0 Å². The molecule has 0 aliphatic heterocycles. The molecule has 0 fully saturated rings. The molecule has 0 N–H and O–H groups in total. The van der Waals surface area contributed by atoms with Crippen molar-refractivity contribution in [3.05, 3.63) is 29.3 Å². The predicted molar refractivity (Wildman–Crippen MR) is 62.7 cm³/mol. The standard InChI is InChI=1S/C11H10ClF3OS/c1-17-9-2-3-10(11(13,14)15)7(5-9)4-8(16)6-12/h2-3,5H,4,6H2,1H3. The first-order chi connectivity index (χ1) is 7.88. The van der Waals surface area contributed by atoms with Crippen molar-refractivity contribution >= 4 is 29.1 Å². The highest BCUT2D eigenvalue weighted by Gasteiger charge is 2.33. The number of Topliss-reactive ketones (excluding diaryl/α,β-unsaturated/α-hetero) is 1. The minimum atomic E-state index is -4.45. The van der Waals surface area contributed by atoms with E-state index < -0.39 is 17.5 Å². The number of benzene rings is 1. The van der Waals surface area contributed by atoms with Crippen molar-refractivity contribution in [2.45, 2.75) is 17.5 Å². The molecule has 0 aliphatic rings. The number of thioether (sulfide) groups is 1. The SMILES string of the molecule is CSc1ccc(C(F)(F)F)c(CC(=O)CCl)c1. The van der Waals surface area contributed by atoms with Gasteiger partial charge in [-0.3, -0.25) is 4.79 Å². The first-order valence-electron chi connectivity index (χ1n) is 4.70. The fourth-order valence-electron chi connectivity index (χ4n) is 1.38.